The molecule has 0 bridgehead atoms. The van der Waals surface area contributed by atoms with Crippen molar-refractivity contribution in [3.05, 3.63) is 95.7 Å². The molecule has 0 N–H and O–H groups in total. The second kappa shape index (κ2) is 9.12. The number of carbonyl (C=O) groups excluding carboxylic acids is 1. The molecular formula is C25H18N3NaO3. The molecule has 0 unspecified atom stereocenters. The van der Waals surface area contributed by atoms with Gasteiger partial charge in [-0.3, -0.25) is 0 Å². The molecule has 0 aliphatic rings. The summed E-state index contributed by atoms with van der Waals surface area (Å²) in [5, 5.41) is 17.0. The van der Waals surface area contributed by atoms with Gasteiger partial charge >= 0.3 is 29.6 Å². The van der Waals surface area contributed by atoms with Crippen molar-refractivity contribution in [2.75, 3.05) is 0 Å². The van der Waals surface area contributed by atoms with Gasteiger partial charge in [-0.25, -0.2) is 9.50 Å². The monoisotopic (exact) mass is 431 g/mol. The molecule has 5 aromatic rings. The van der Waals surface area contributed by atoms with Crippen LogP contribution in [0.2, 0.25) is 0 Å². The molecule has 0 fully saturated rings. The summed E-state index contributed by atoms with van der Waals surface area (Å²) in [6.07, 6.45) is 1.83. The maximum Gasteiger partial charge on any atom is 1.00 e. The predicted octanol–water partition coefficient (Wildman–Crippen LogP) is 0.804. The van der Waals surface area contributed by atoms with E-state index in [0.717, 1.165) is 16.6 Å². The van der Waals surface area contributed by atoms with Gasteiger partial charge in [0.1, 0.15) is 18.1 Å². The molecule has 0 amide bonds. The van der Waals surface area contributed by atoms with Crippen molar-refractivity contribution in [2.45, 2.75) is 13.5 Å². The molecular weight excluding hydrogens is 413 g/mol. The Morgan fingerprint density at radius 1 is 1.00 bits per heavy atom. The van der Waals surface area contributed by atoms with Gasteiger partial charge in [0.25, 0.3) is 0 Å². The van der Waals surface area contributed by atoms with Crippen molar-refractivity contribution in [1.29, 1.82) is 0 Å². The Hall–Kier alpha value is -3.19. The van der Waals surface area contributed by atoms with E-state index in [2.05, 4.69) is 5.10 Å². The van der Waals surface area contributed by atoms with Crippen LogP contribution in [0, 0.1) is 6.92 Å². The zero-order valence-electron chi connectivity index (χ0n) is 17.8. The number of nitrogens with zero attached hydrogens (tertiary/aromatic N) is 3. The fourth-order valence-corrected chi connectivity index (χ4v) is 3.65. The number of ether oxygens (including phenoxy) is 1. The molecule has 152 valence electrons. The molecule has 0 spiro atoms. The summed E-state index contributed by atoms with van der Waals surface area (Å²) in [6, 6.07) is 22.5. The molecule has 0 atom stereocenters. The molecule has 32 heavy (non-hydrogen) atoms. The average molecular weight is 431 g/mol. The van der Waals surface area contributed by atoms with Gasteiger partial charge in [0, 0.05) is 11.8 Å². The number of carboxylic acids is 1. The molecule has 0 aliphatic heterocycles. The van der Waals surface area contributed by atoms with E-state index in [-0.39, 0.29) is 35.1 Å². The number of pyridine rings is 2. The molecule has 2 aromatic carbocycles. The summed E-state index contributed by atoms with van der Waals surface area (Å²) in [5.74, 6) is -0.828. The van der Waals surface area contributed by atoms with E-state index < -0.39 is 5.97 Å². The second-order valence-corrected chi connectivity index (χ2v) is 7.32. The third kappa shape index (κ3) is 4.12. The van der Waals surface area contributed by atoms with E-state index >= 15 is 0 Å². The molecule has 5 rings (SSSR count). The Kier molecular flexibility index (Phi) is 6.28. The average Bonchev–Trinajstić information content (AvgIpc) is 3.23. The predicted molar refractivity (Wildman–Crippen MR) is 116 cm³/mol. The van der Waals surface area contributed by atoms with Gasteiger partial charge in [-0.1, -0.05) is 42.5 Å². The number of hydrogen-bond donors (Lipinski definition) is 0. The Balaban J connectivity index is 0.00000245. The van der Waals surface area contributed by atoms with Gasteiger partial charge in [0.15, 0.2) is 0 Å². The first kappa shape index (κ1) is 22.0. The van der Waals surface area contributed by atoms with Crippen LogP contribution in [-0.2, 0) is 6.61 Å². The van der Waals surface area contributed by atoms with Gasteiger partial charge < -0.3 is 14.6 Å². The third-order valence-corrected chi connectivity index (χ3v) is 5.21. The molecule has 3 aromatic heterocycles. The number of carboxylic acid groups (broad SMARTS) is 1. The topological polar surface area (TPSA) is 79.5 Å². The van der Waals surface area contributed by atoms with Crippen molar-refractivity contribution < 1.29 is 44.2 Å². The first-order valence-electron chi connectivity index (χ1n) is 9.87. The number of fused-ring (bicyclic) bond motifs is 2. The minimum Gasteiger partial charge on any atom is -0.545 e. The molecule has 0 radical (unpaired) electrons. The summed E-state index contributed by atoms with van der Waals surface area (Å²) in [7, 11) is 0. The van der Waals surface area contributed by atoms with Crippen molar-refractivity contribution in [3.63, 3.8) is 0 Å². The Morgan fingerprint density at radius 3 is 2.53 bits per heavy atom. The van der Waals surface area contributed by atoms with Crippen molar-refractivity contribution in [2.24, 2.45) is 0 Å². The molecule has 7 heteroatoms. The fourth-order valence-electron chi connectivity index (χ4n) is 3.65. The first-order valence-corrected chi connectivity index (χ1v) is 9.87. The van der Waals surface area contributed by atoms with Crippen LogP contribution in [0.4, 0.5) is 0 Å². The van der Waals surface area contributed by atoms with Crippen molar-refractivity contribution in [3.8, 4) is 17.1 Å². The number of aryl methyl sites for hydroxylation is 1. The quantitative estimate of drug-likeness (QED) is 0.385. The van der Waals surface area contributed by atoms with Crippen LogP contribution in [0.15, 0.2) is 79.0 Å². The molecule has 0 saturated heterocycles. The minimum atomic E-state index is -1.28. The van der Waals surface area contributed by atoms with E-state index in [0.29, 0.717) is 34.6 Å². The molecule has 3 heterocycles. The minimum absolute atomic E-state index is 0. The number of carbonyl (C=O) groups is 1. The van der Waals surface area contributed by atoms with Crippen LogP contribution in [0.3, 0.4) is 0 Å². The Morgan fingerprint density at radius 2 is 1.78 bits per heavy atom. The second-order valence-electron chi connectivity index (χ2n) is 7.32. The van der Waals surface area contributed by atoms with Crippen LogP contribution >= 0.6 is 0 Å². The van der Waals surface area contributed by atoms with Crippen LogP contribution in [0.5, 0.6) is 5.75 Å². The summed E-state index contributed by atoms with van der Waals surface area (Å²) < 4.78 is 7.72. The number of aromatic carboxylic acids is 1. The zero-order chi connectivity index (χ0) is 21.4. The Labute approximate surface area is 206 Å². The fraction of sp³-hybridized carbons (Fsp3) is 0.0800. The van der Waals surface area contributed by atoms with Gasteiger partial charge in [-0.15, -0.1) is 0 Å². The van der Waals surface area contributed by atoms with E-state index in [1.165, 1.54) is 6.07 Å². The van der Waals surface area contributed by atoms with E-state index in [9.17, 15) is 9.90 Å². The van der Waals surface area contributed by atoms with Crippen LogP contribution < -0.4 is 39.4 Å². The van der Waals surface area contributed by atoms with Crippen molar-refractivity contribution >= 4 is 22.4 Å². The van der Waals surface area contributed by atoms with Gasteiger partial charge in [-0.2, -0.15) is 5.10 Å². The standard InChI is InChI=1S/C25H19N3O3.Na/c1-16-10-11-22(31-15-17-7-3-2-4-8-17)23-19(25(29)30)14-20(26-24(16)23)21-13-18-9-5-6-12-28(18)27-21;/h2-14H,15H2,1H3,(H,29,30);/q;+1/p-1. The third-order valence-electron chi connectivity index (χ3n) is 5.21. The van der Waals surface area contributed by atoms with E-state index in [1.54, 1.807) is 10.6 Å². The van der Waals surface area contributed by atoms with Crippen LogP contribution in [0.25, 0.3) is 27.8 Å². The van der Waals surface area contributed by atoms with Gasteiger partial charge in [0.05, 0.1) is 28.1 Å². The Bertz CT molecular complexity index is 1400. The smallest absolute Gasteiger partial charge is 0.545 e. The zero-order valence-corrected chi connectivity index (χ0v) is 19.8. The number of aromatic nitrogens is 3. The SMILES string of the molecule is Cc1ccc(OCc2ccccc2)c2c(C(=O)[O-])cc(-c3cc4ccccn4n3)nc12.[Na+]. The van der Waals surface area contributed by atoms with Crippen LogP contribution in [-0.4, -0.2) is 20.6 Å². The maximum absolute atomic E-state index is 12.1. The maximum atomic E-state index is 12.1. The normalized spacial score (nSPS) is 10.8. The molecule has 0 saturated carbocycles. The summed E-state index contributed by atoms with van der Waals surface area (Å²) in [4.78, 5) is 16.8. The van der Waals surface area contributed by atoms with Crippen LogP contribution in [0.1, 0.15) is 21.5 Å². The van der Waals surface area contributed by atoms with E-state index in [1.807, 2.05) is 73.8 Å². The summed E-state index contributed by atoms with van der Waals surface area (Å²) >= 11 is 0. The first-order chi connectivity index (χ1) is 15.1. The number of benzene rings is 2. The summed E-state index contributed by atoms with van der Waals surface area (Å²) in [5.41, 5.74) is 4.37. The molecule has 0 aliphatic carbocycles. The number of hydrogen-bond acceptors (Lipinski definition) is 5. The van der Waals surface area contributed by atoms with Crippen molar-refractivity contribution in [1.82, 2.24) is 14.6 Å². The largest absolute Gasteiger partial charge is 1.00 e. The van der Waals surface area contributed by atoms with Gasteiger partial charge in [0.2, 0.25) is 0 Å². The van der Waals surface area contributed by atoms with E-state index in [4.69, 9.17) is 9.72 Å². The molecule has 6 nitrogen and oxygen atoms in total. The summed E-state index contributed by atoms with van der Waals surface area (Å²) in [6.45, 7) is 2.21. The number of rotatable bonds is 5. The van der Waals surface area contributed by atoms with Gasteiger partial charge in [-0.05, 0) is 48.4 Å².